The Labute approximate surface area is 89.4 Å². The van der Waals surface area contributed by atoms with Crippen molar-refractivity contribution in [2.75, 3.05) is 7.11 Å². The lowest BCUT2D eigenvalue weighted by Crippen LogP contribution is -2.07. The Morgan fingerprint density at radius 3 is 2.80 bits per heavy atom. The fourth-order valence-corrected chi connectivity index (χ4v) is 1.50. The second-order valence-corrected chi connectivity index (χ2v) is 3.39. The Bertz CT molecular complexity index is 427. The van der Waals surface area contributed by atoms with Gasteiger partial charge in [0.25, 0.3) is 0 Å². The summed E-state index contributed by atoms with van der Waals surface area (Å²) in [6, 6.07) is 0. The van der Waals surface area contributed by atoms with Gasteiger partial charge in [-0.2, -0.15) is 0 Å². The van der Waals surface area contributed by atoms with Crippen molar-refractivity contribution >= 4 is 5.57 Å². The summed E-state index contributed by atoms with van der Waals surface area (Å²) in [6.07, 6.45) is 4.46. The molecule has 0 unspecified atom stereocenters. The van der Waals surface area contributed by atoms with E-state index in [1.807, 2.05) is 6.92 Å². The second-order valence-electron chi connectivity index (χ2n) is 3.39. The predicted octanol–water partition coefficient (Wildman–Crippen LogP) is 2.77. The summed E-state index contributed by atoms with van der Waals surface area (Å²) in [5.74, 6) is 0.605. The van der Waals surface area contributed by atoms with Crippen LogP contribution in [0.2, 0.25) is 0 Å². The molecule has 0 bridgehead atoms. The number of rotatable bonds is 3. The predicted molar refractivity (Wildman–Crippen MR) is 60.2 cm³/mol. The van der Waals surface area contributed by atoms with Crippen LogP contribution < -0.4 is 10.4 Å². The van der Waals surface area contributed by atoms with Crippen molar-refractivity contribution in [3.63, 3.8) is 0 Å². The molecule has 3 heteroatoms. The van der Waals surface area contributed by atoms with Gasteiger partial charge in [0.15, 0.2) is 0 Å². The summed E-state index contributed by atoms with van der Waals surface area (Å²) >= 11 is 0. The highest BCUT2D eigenvalue weighted by Gasteiger charge is 2.11. The largest absolute Gasteiger partial charge is 0.495 e. The third-order valence-corrected chi connectivity index (χ3v) is 2.31. The monoisotopic (exact) mass is 208 g/mol. The maximum Gasteiger partial charge on any atom is 0.342 e. The highest BCUT2D eigenvalue weighted by atomic mass is 16.5. The van der Waals surface area contributed by atoms with Gasteiger partial charge in [0.05, 0.1) is 18.2 Å². The summed E-state index contributed by atoms with van der Waals surface area (Å²) < 4.78 is 10.1. The third-order valence-electron chi connectivity index (χ3n) is 2.31. The molecule has 1 aromatic rings. The molecule has 0 radical (unpaired) electrons. The molecule has 0 atom stereocenters. The Kier molecular flexibility index (Phi) is 3.72. The lowest BCUT2D eigenvalue weighted by atomic mass is 10.1. The van der Waals surface area contributed by atoms with E-state index < -0.39 is 0 Å². The minimum atomic E-state index is -0.347. The van der Waals surface area contributed by atoms with E-state index >= 15 is 0 Å². The lowest BCUT2D eigenvalue weighted by molar-refractivity contribution is 0.395. The van der Waals surface area contributed by atoms with Crippen molar-refractivity contribution < 1.29 is 9.15 Å². The van der Waals surface area contributed by atoms with Gasteiger partial charge < -0.3 is 9.15 Å². The van der Waals surface area contributed by atoms with E-state index in [9.17, 15) is 4.79 Å². The normalized spacial score (nSPS) is 11.6. The topological polar surface area (TPSA) is 39.4 Å². The van der Waals surface area contributed by atoms with Gasteiger partial charge >= 0.3 is 5.63 Å². The summed E-state index contributed by atoms with van der Waals surface area (Å²) in [5.41, 5.74) is 2.07. The zero-order valence-corrected chi connectivity index (χ0v) is 9.59. The van der Waals surface area contributed by atoms with E-state index in [2.05, 4.69) is 13.0 Å². The molecule has 1 heterocycles. The molecule has 0 amide bonds. The molecule has 0 saturated heterocycles. The maximum absolute atomic E-state index is 11.3. The smallest absolute Gasteiger partial charge is 0.342 e. The highest BCUT2D eigenvalue weighted by molar-refractivity contribution is 5.68. The van der Waals surface area contributed by atoms with Gasteiger partial charge in [-0.1, -0.05) is 13.0 Å². The van der Waals surface area contributed by atoms with Crippen LogP contribution in [0.1, 0.15) is 31.4 Å². The standard InChI is InChI=1S/C12H16O3/c1-5-6-8(2)10-7-15-12(13)9(3)11(10)14-4/h6-7H,5H2,1-4H3/b8-6+. The van der Waals surface area contributed by atoms with Crippen molar-refractivity contribution in [2.24, 2.45) is 0 Å². The van der Waals surface area contributed by atoms with Crippen molar-refractivity contribution in [2.45, 2.75) is 27.2 Å². The fraction of sp³-hybridized carbons (Fsp3) is 0.417. The first-order valence-corrected chi connectivity index (χ1v) is 4.95. The Hall–Kier alpha value is -1.51. The van der Waals surface area contributed by atoms with E-state index in [1.165, 1.54) is 6.26 Å². The number of hydrogen-bond donors (Lipinski definition) is 0. The SMILES string of the molecule is CC/C=C(\C)c1coc(=O)c(C)c1OC. The molecule has 0 saturated carbocycles. The van der Waals surface area contributed by atoms with Crippen LogP contribution in [0.3, 0.4) is 0 Å². The first-order valence-electron chi connectivity index (χ1n) is 4.95. The van der Waals surface area contributed by atoms with E-state index in [0.29, 0.717) is 11.3 Å². The van der Waals surface area contributed by atoms with Gasteiger partial charge in [0.2, 0.25) is 0 Å². The molecule has 3 nitrogen and oxygen atoms in total. The molecular weight excluding hydrogens is 192 g/mol. The summed E-state index contributed by atoms with van der Waals surface area (Å²) in [4.78, 5) is 11.3. The molecule has 0 N–H and O–H groups in total. The average Bonchev–Trinajstić information content (AvgIpc) is 2.22. The molecule has 1 aromatic heterocycles. The quantitative estimate of drug-likeness (QED) is 0.766. The Morgan fingerprint density at radius 1 is 1.60 bits per heavy atom. The van der Waals surface area contributed by atoms with Crippen molar-refractivity contribution in [3.05, 3.63) is 33.9 Å². The first kappa shape index (κ1) is 11.6. The number of methoxy groups -OCH3 is 1. The molecule has 0 fully saturated rings. The zero-order chi connectivity index (χ0) is 11.4. The second kappa shape index (κ2) is 4.82. The van der Waals surface area contributed by atoms with Gasteiger partial charge in [-0.25, -0.2) is 4.79 Å². The number of allylic oxidation sites excluding steroid dienone is 2. The minimum Gasteiger partial charge on any atom is -0.495 e. The molecule has 15 heavy (non-hydrogen) atoms. The van der Waals surface area contributed by atoms with Gasteiger partial charge in [0, 0.05) is 0 Å². The molecule has 0 spiro atoms. The molecular formula is C12H16O3. The molecule has 1 rings (SSSR count). The van der Waals surface area contributed by atoms with Crippen molar-refractivity contribution in [1.82, 2.24) is 0 Å². The van der Waals surface area contributed by atoms with Crippen LogP contribution in [-0.2, 0) is 0 Å². The summed E-state index contributed by atoms with van der Waals surface area (Å²) in [5, 5.41) is 0. The fourth-order valence-electron chi connectivity index (χ4n) is 1.50. The Balaban J connectivity index is 3.37. The van der Waals surface area contributed by atoms with Crippen LogP contribution in [0.25, 0.3) is 5.57 Å². The third kappa shape index (κ3) is 2.29. The lowest BCUT2D eigenvalue weighted by Gasteiger charge is -2.09. The van der Waals surface area contributed by atoms with Crippen LogP contribution in [0, 0.1) is 6.92 Å². The van der Waals surface area contributed by atoms with E-state index in [0.717, 1.165) is 17.6 Å². The molecule has 0 aliphatic heterocycles. The van der Waals surface area contributed by atoms with Crippen molar-refractivity contribution in [1.29, 1.82) is 0 Å². The first-order chi connectivity index (χ1) is 7.11. The van der Waals surface area contributed by atoms with Crippen LogP contribution in [0.5, 0.6) is 5.75 Å². The van der Waals surface area contributed by atoms with Crippen LogP contribution in [0.15, 0.2) is 21.6 Å². The van der Waals surface area contributed by atoms with Crippen molar-refractivity contribution in [3.8, 4) is 5.75 Å². The molecule has 0 aromatic carbocycles. The van der Waals surface area contributed by atoms with Gasteiger partial charge in [-0.05, 0) is 25.8 Å². The minimum absolute atomic E-state index is 0.347. The van der Waals surface area contributed by atoms with Gasteiger partial charge in [-0.15, -0.1) is 0 Å². The van der Waals surface area contributed by atoms with Gasteiger partial charge in [-0.3, -0.25) is 0 Å². The molecule has 0 aliphatic rings. The van der Waals surface area contributed by atoms with Crippen LogP contribution in [-0.4, -0.2) is 7.11 Å². The van der Waals surface area contributed by atoms with E-state index in [1.54, 1.807) is 14.0 Å². The summed E-state index contributed by atoms with van der Waals surface area (Å²) in [7, 11) is 1.56. The maximum atomic E-state index is 11.3. The Morgan fingerprint density at radius 2 is 2.27 bits per heavy atom. The van der Waals surface area contributed by atoms with Crippen LogP contribution in [0.4, 0.5) is 0 Å². The molecule has 82 valence electrons. The van der Waals surface area contributed by atoms with E-state index in [4.69, 9.17) is 9.15 Å². The van der Waals surface area contributed by atoms with Crippen LogP contribution >= 0.6 is 0 Å². The number of ether oxygens (including phenoxy) is 1. The zero-order valence-electron chi connectivity index (χ0n) is 9.59. The highest BCUT2D eigenvalue weighted by Crippen LogP contribution is 2.27. The molecule has 0 aliphatic carbocycles. The van der Waals surface area contributed by atoms with E-state index in [-0.39, 0.29) is 5.63 Å². The van der Waals surface area contributed by atoms with Gasteiger partial charge in [0.1, 0.15) is 12.0 Å². The number of hydrogen-bond acceptors (Lipinski definition) is 3. The average molecular weight is 208 g/mol. The summed E-state index contributed by atoms with van der Waals surface area (Å²) in [6.45, 7) is 5.73.